The maximum absolute atomic E-state index is 12.3. The second-order valence-electron chi connectivity index (χ2n) is 7.05. The van der Waals surface area contributed by atoms with E-state index in [1.54, 1.807) is 36.6 Å². The number of hydrogen-bond donors (Lipinski definition) is 1. The highest BCUT2D eigenvalue weighted by atomic mass is 16.5. The molecule has 0 spiro atoms. The minimum atomic E-state index is -0.396. The lowest BCUT2D eigenvalue weighted by atomic mass is 10.1. The molecule has 0 saturated heterocycles. The number of furan rings is 1. The van der Waals surface area contributed by atoms with E-state index in [-0.39, 0.29) is 18.6 Å². The van der Waals surface area contributed by atoms with Crippen LogP contribution in [0.1, 0.15) is 12.7 Å². The number of rotatable bonds is 7. The Morgan fingerprint density at radius 2 is 1.87 bits per heavy atom. The fraction of sp³-hybridized carbons (Fsp3) is 0.167. The zero-order chi connectivity index (χ0) is 20.9. The molecule has 0 aliphatic carbocycles. The van der Waals surface area contributed by atoms with Gasteiger partial charge in [0.05, 0.1) is 11.8 Å². The van der Waals surface area contributed by atoms with Crippen LogP contribution in [-0.4, -0.2) is 18.6 Å². The highest BCUT2D eigenvalue weighted by Gasteiger charge is 2.11. The SMILES string of the molecule is C[C@@H](Cc1ccco1)NC(=O)COc1ccc(-c2cc3ccccc3oc2=O)cc1. The van der Waals surface area contributed by atoms with Crippen LogP contribution >= 0.6 is 0 Å². The van der Waals surface area contributed by atoms with Gasteiger partial charge < -0.3 is 18.9 Å². The topological polar surface area (TPSA) is 81.7 Å². The molecule has 4 aromatic rings. The first kappa shape index (κ1) is 19.5. The van der Waals surface area contributed by atoms with Gasteiger partial charge in [-0.3, -0.25) is 4.79 Å². The Hall–Kier alpha value is -3.80. The van der Waals surface area contributed by atoms with Crippen molar-refractivity contribution in [2.24, 2.45) is 0 Å². The van der Waals surface area contributed by atoms with Crippen LogP contribution < -0.4 is 15.7 Å². The van der Waals surface area contributed by atoms with Crippen molar-refractivity contribution >= 4 is 16.9 Å². The molecule has 2 heterocycles. The maximum Gasteiger partial charge on any atom is 0.344 e. The summed E-state index contributed by atoms with van der Waals surface area (Å²) in [4.78, 5) is 24.4. The lowest BCUT2D eigenvalue weighted by molar-refractivity contribution is -0.123. The standard InChI is InChI=1S/C24H21NO5/c1-16(13-20-6-4-12-28-20)25-23(26)15-29-19-10-8-17(9-11-19)21-14-18-5-2-3-7-22(18)30-24(21)27/h2-12,14,16H,13,15H2,1H3,(H,25,26)/t16-/m0/s1. The summed E-state index contributed by atoms with van der Waals surface area (Å²) < 4.78 is 16.2. The van der Waals surface area contributed by atoms with E-state index < -0.39 is 5.63 Å². The Morgan fingerprint density at radius 1 is 1.07 bits per heavy atom. The summed E-state index contributed by atoms with van der Waals surface area (Å²) in [5, 5.41) is 3.73. The van der Waals surface area contributed by atoms with Crippen molar-refractivity contribution in [1.82, 2.24) is 5.32 Å². The summed E-state index contributed by atoms with van der Waals surface area (Å²) in [5.41, 5.74) is 1.36. The summed E-state index contributed by atoms with van der Waals surface area (Å²) in [6.07, 6.45) is 2.22. The van der Waals surface area contributed by atoms with Crippen molar-refractivity contribution in [1.29, 1.82) is 0 Å². The summed E-state index contributed by atoms with van der Waals surface area (Å²) in [5.74, 6) is 1.14. The highest BCUT2D eigenvalue weighted by Crippen LogP contribution is 2.23. The average molecular weight is 403 g/mol. The first-order chi connectivity index (χ1) is 14.6. The molecule has 6 heteroatoms. The number of ether oxygens (including phenoxy) is 1. The number of benzene rings is 2. The number of carbonyl (C=O) groups is 1. The summed E-state index contributed by atoms with van der Waals surface area (Å²) >= 11 is 0. The number of nitrogens with one attached hydrogen (secondary N) is 1. The fourth-order valence-electron chi connectivity index (χ4n) is 3.24. The largest absolute Gasteiger partial charge is 0.484 e. The quantitative estimate of drug-likeness (QED) is 0.468. The predicted octanol–water partition coefficient (Wildman–Crippen LogP) is 4.18. The number of hydrogen-bond acceptors (Lipinski definition) is 5. The van der Waals surface area contributed by atoms with E-state index in [0.717, 1.165) is 16.7 Å². The second-order valence-corrected chi connectivity index (χ2v) is 7.05. The van der Waals surface area contributed by atoms with E-state index in [1.807, 2.05) is 43.3 Å². The van der Waals surface area contributed by atoms with Gasteiger partial charge in [0.25, 0.3) is 5.91 Å². The average Bonchev–Trinajstić information content (AvgIpc) is 3.25. The van der Waals surface area contributed by atoms with E-state index in [1.165, 1.54) is 0 Å². The third-order valence-electron chi connectivity index (χ3n) is 4.67. The van der Waals surface area contributed by atoms with Gasteiger partial charge in [-0.25, -0.2) is 4.79 Å². The minimum absolute atomic E-state index is 0.0678. The minimum Gasteiger partial charge on any atom is -0.484 e. The molecule has 4 rings (SSSR count). The monoisotopic (exact) mass is 403 g/mol. The maximum atomic E-state index is 12.3. The predicted molar refractivity (Wildman–Crippen MR) is 113 cm³/mol. The molecule has 2 aromatic heterocycles. The van der Waals surface area contributed by atoms with Gasteiger partial charge in [-0.15, -0.1) is 0 Å². The number of carbonyl (C=O) groups excluding carboxylic acids is 1. The van der Waals surface area contributed by atoms with Crippen molar-refractivity contribution in [2.75, 3.05) is 6.61 Å². The summed E-state index contributed by atoms with van der Waals surface area (Å²) in [6, 6.07) is 19.8. The Balaban J connectivity index is 1.36. The van der Waals surface area contributed by atoms with Crippen molar-refractivity contribution < 1.29 is 18.4 Å². The zero-order valence-electron chi connectivity index (χ0n) is 16.5. The van der Waals surface area contributed by atoms with Gasteiger partial charge >= 0.3 is 5.63 Å². The lowest BCUT2D eigenvalue weighted by Crippen LogP contribution is -2.37. The van der Waals surface area contributed by atoms with Gasteiger partial charge in [0.2, 0.25) is 0 Å². The molecule has 1 atom stereocenters. The molecule has 1 N–H and O–H groups in total. The molecule has 30 heavy (non-hydrogen) atoms. The van der Waals surface area contributed by atoms with Crippen LogP contribution in [0.2, 0.25) is 0 Å². The molecule has 0 bridgehead atoms. The van der Waals surface area contributed by atoms with Gasteiger partial charge in [-0.05, 0) is 48.9 Å². The first-order valence-corrected chi connectivity index (χ1v) is 9.66. The fourth-order valence-corrected chi connectivity index (χ4v) is 3.24. The normalized spacial score (nSPS) is 11.9. The van der Waals surface area contributed by atoms with E-state index >= 15 is 0 Å². The van der Waals surface area contributed by atoms with Crippen molar-refractivity contribution in [3.8, 4) is 16.9 Å². The molecule has 0 radical (unpaired) electrons. The number of amides is 1. The zero-order valence-corrected chi connectivity index (χ0v) is 16.5. The molecule has 152 valence electrons. The summed E-state index contributed by atoms with van der Waals surface area (Å²) in [7, 11) is 0. The van der Waals surface area contributed by atoms with E-state index in [0.29, 0.717) is 23.3 Å². The van der Waals surface area contributed by atoms with E-state index in [2.05, 4.69) is 5.32 Å². The van der Waals surface area contributed by atoms with Crippen LogP contribution in [0.25, 0.3) is 22.1 Å². The molecule has 6 nitrogen and oxygen atoms in total. The molecule has 0 aliphatic heterocycles. The summed E-state index contributed by atoms with van der Waals surface area (Å²) in [6.45, 7) is 1.81. The number of fused-ring (bicyclic) bond motifs is 1. The Labute approximate surface area is 173 Å². The van der Waals surface area contributed by atoms with Crippen molar-refractivity contribution in [2.45, 2.75) is 19.4 Å². The second kappa shape index (κ2) is 8.69. The Kier molecular flexibility index (Phi) is 5.66. The molecule has 1 amide bonds. The lowest BCUT2D eigenvalue weighted by Gasteiger charge is -2.13. The van der Waals surface area contributed by atoms with Gasteiger partial charge in [-0.2, -0.15) is 0 Å². The molecule has 0 saturated carbocycles. The van der Waals surface area contributed by atoms with Crippen LogP contribution in [0, 0.1) is 0 Å². The molecule has 0 unspecified atom stereocenters. The highest BCUT2D eigenvalue weighted by molar-refractivity contribution is 5.81. The van der Waals surface area contributed by atoms with Crippen molar-refractivity contribution in [3.63, 3.8) is 0 Å². The van der Waals surface area contributed by atoms with Crippen LogP contribution in [0.5, 0.6) is 5.75 Å². The first-order valence-electron chi connectivity index (χ1n) is 9.66. The Bertz CT molecular complexity index is 1190. The van der Waals surface area contributed by atoms with Crippen LogP contribution in [-0.2, 0) is 11.2 Å². The molecular formula is C24H21NO5. The van der Waals surface area contributed by atoms with E-state index in [9.17, 15) is 9.59 Å². The van der Waals surface area contributed by atoms with Crippen LogP contribution in [0.3, 0.4) is 0 Å². The molecule has 0 fully saturated rings. The van der Waals surface area contributed by atoms with Crippen LogP contribution in [0.4, 0.5) is 0 Å². The Morgan fingerprint density at radius 3 is 2.63 bits per heavy atom. The van der Waals surface area contributed by atoms with Gasteiger partial charge in [0, 0.05) is 17.8 Å². The van der Waals surface area contributed by atoms with Crippen LogP contribution in [0.15, 0.2) is 86.6 Å². The smallest absolute Gasteiger partial charge is 0.344 e. The van der Waals surface area contributed by atoms with Gasteiger partial charge in [-0.1, -0.05) is 30.3 Å². The van der Waals surface area contributed by atoms with Crippen molar-refractivity contribution in [3.05, 3.63) is 89.2 Å². The van der Waals surface area contributed by atoms with E-state index in [4.69, 9.17) is 13.6 Å². The molecular weight excluding hydrogens is 382 g/mol. The molecule has 0 aliphatic rings. The third kappa shape index (κ3) is 4.60. The third-order valence-corrected chi connectivity index (χ3v) is 4.67. The van der Waals surface area contributed by atoms with Gasteiger partial charge in [0.15, 0.2) is 6.61 Å². The molecule has 2 aromatic carbocycles. The van der Waals surface area contributed by atoms with Gasteiger partial charge in [0.1, 0.15) is 17.1 Å². The number of para-hydroxylation sites is 1.